The Morgan fingerprint density at radius 2 is 1.71 bits per heavy atom. The van der Waals surface area contributed by atoms with E-state index in [1.165, 1.54) is 0 Å². The van der Waals surface area contributed by atoms with E-state index in [9.17, 15) is 13.2 Å². The molecular weight excluding hydrogens is 259 g/mol. The van der Waals surface area contributed by atoms with Gasteiger partial charge >= 0.3 is 15.6 Å². The Hall–Kier alpha value is -1.41. The molecule has 8 heteroatoms. The second-order valence-corrected chi connectivity index (χ2v) is 4.33. The van der Waals surface area contributed by atoms with Gasteiger partial charge in [0.1, 0.15) is 7.05 Å². The van der Waals surface area contributed by atoms with Crippen LogP contribution in [-0.4, -0.2) is 18.5 Å². The van der Waals surface area contributed by atoms with Crippen LogP contribution in [0.1, 0.15) is 5.56 Å². The summed E-state index contributed by atoms with van der Waals surface area (Å²) in [4.78, 5) is 0. The number of aromatic nitrogens is 1. The number of hydrogen-bond donors (Lipinski definition) is 1. The SMILES string of the molecule is C=Cc1cc[n+](C)cc1.O=S(=O)(O)C(F)(F)F. The van der Waals surface area contributed by atoms with Gasteiger partial charge in [-0.1, -0.05) is 12.7 Å². The zero-order chi connectivity index (χ0) is 13.7. The summed E-state index contributed by atoms with van der Waals surface area (Å²) >= 11 is 0. The van der Waals surface area contributed by atoms with Gasteiger partial charge in [0.05, 0.1) is 0 Å². The van der Waals surface area contributed by atoms with Gasteiger partial charge < -0.3 is 0 Å². The van der Waals surface area contributed by atoms with E-state index in [0.29, 0.717) is 0 Å². The molecule has 0 aromatic carbocycles. The third-order valence-electron chi connectivity index (χ3n) is 1.53. The molecule has 1 rings (SSSR count). The fraction of sp³-hybridized carbons (Fsp3) is 0.222. The lowest BCUT2D eigenvalue weighted by atomic mass is 10.3. The van der Waals surface area contributed by atoms with Gasteiger partial charge in [-0.05, 0) is 5.56 Å². The molecule has 0 spiro atoms. The van der Waals surface area contributed by atoms with E-state index >= 15 is 0 Å². The van der Waals surface area contributed by atoms with Crippen LogP contribution in [-0.2, 0) is 17.2 Å². The van der Waals surface area contributed by atoms with Crippen molar-refractivity contribution in [1.82, 2.24) is 0 Å². The first-order valence-corrected chi connectivity index (χ1v) is 5.63. The Morgan fingerprint density at radius 1 is 1.35 bits per heavy atom. The number of aryl methyl sites for hydroxylation is 1. The van der Waals surface area contributed by atoms with Crippen molar-refractivity contribution >= 4 is 16.2 Å². The summed E-state index contributed by atoms with van der Waals surface area (Å²) < 4.78 is 59.5. The van der Waals surface area contributed by atoms with Crippen molar-refractivity contribution in [2.45, 2.75) is 5.51 Å². The maximum atomic E-state index is 10.7. The Kier molecular flexibility index (Phi) is 5.30. The molecule has 1 aromatic rings. The minimum atomic E-state index is -5.84. The van der Waals surface area contributed by atoms with E-state index in [0.717, 1.165) is 5.56 Å². The maximum absolute atomic E-state index is 10.7. The second-order valence-electron chi connectivity index (χ2n) is 2.92. The van der Waals surface area contributed by atoms with Crippen LogP contribution in [0.4, 0.5) is 13.2 Å². The number of pyridine rings is 1. The van der Waals surface area contributed by atoms with Gasteiger partial charge in [-0.15, -0.1) is 0 Å². The average Bonchev–Trinajstić information content (AvgIpc) is 2.17. The highest BCUT2D eigenvalue weighted by Crippen LogP contribution is 2.20. The Labute approximate surface area is 96.8 Å². The minimum absolute atomic E-state index is 1.16. The Morgan fingerprint density at radius 3 is 1.94 bits per heavy atom. The zero-order valence-corrected chi connectivity index (χ0v) is 9.66. The standard InChI is InChI=1S/C8H10N.CHF3O3S/c1-3-8-4-6-9(2)7-5-8;2-1(3,4)8(5,6)7/h3-7H,1H2,2H3;(H,5,6,7)/q+1;. The summed E-state index contributed by atoms with van der Waals surface area (Å²) in [5.74, 6) is 0. The normalized spacial score (nSPS) is 11.4. The van der Waals surface area contributed by atoms with E-state index in [-0.39, 0.29) is 0 Å². The van der Waals surface area contributed by atoms with E-state index in [4.69, 9.17) is 13.0 Å². The third kappa shape index (κ3) is 6.03. The zero-order valence-electron chi connectivity index (χ0n) is 8.85. The fourth-order valence-electron chi connectivity index (χ4n) is 0.649. The van der Waals surface area contributed by atoms with Crippen molar-refractivity contribution < 1.29 is 30.7 Å². The van der Waals surface area contributed by atoms with Crippen molar-refractivity contribution in [3.05, 3.63) is 36.7 Å². The minimum Gasteiger partial charge on any atom is -0.279 e. The highest BCUT2D eigenvalue weighted by molar-refractivity contribution is 7.86. The molecule has 0 aliphatic rings. The average molecular weight is 270 g/mol. The van der Waals surface area contributed by atoms with Crippen LogP contribution in [0.2, 0.25) is 0 Å². The molecule has 0 radical (unpaired) electrons. The second kappa shape index (κ2) is 5.78. The van der Waals surface area contributed by atoms with Crippen LogP contribution >= 0.6 is 0 Å². The van der Waals surface area contributed by atoms with Gasteiger partial charge in [0, 0.05) is 12.1 Å². The van der Waals surface area contributed by atoms with Crippen LogP contribution in [0, 0.1) is 0 Å². The van der Waals surface area contributed by atoms with Gasteiger partial charge in [-0.25, -0.2) is 4.57 Å². The molecule has 0 amide bonds. The molecule has 1 heterocycles. The van der Waals surface area contributed by atoms with Crippen LogP contribution in [0.25, 0.3) is 6.08 Å². The van der Waals surface area contributed by atoms with E-state index in [1.807, 2.05) is 42.2 Å². The lowest BCUT2D eigenvalue weighted by molar-refractivity contribution is -0.671. The predicted molar refractivity (Wildman–Crippen MR) is 55.3 cm³/mol. The molecule has 96 valence electrons. The van der Waals surface area contributed by atoms with Crippen molar-refractivity contribution in [3.63, 3.8) is 0 Å². The smallest absolute Gasteiger partial charge is 0.279 e. The first kappa shape index (κ1) is 15.6. The van der Waals surface area contributed by atoms with E-state index in [2.05, 4.69) is 6.58 Å². The molecule has 0 bridgehead atoms. The summed E-state index contributed by atoms with van der Waals surface area (Å²) in [5.41, 5.74) is -4.37. The van der Waals surface area contributed by atoms with Gasteiger partial charge in [0.15, 0.2) is 12.4 Å². The largest absolute Gasteiger partial charge is 0.522 e. The number of halogens is 3. The molecule has 0 saturated heterocycles. The van der Waals surface area contributed by atoms with Gasteiger partial charge in [-0.3, -0.25) is 4.55 Å². The molecule has 0 atom stereocenters. The molecule has 0 unspecified atom stereocenters. The molecule has 0 aliphatic carbocycles. The number of nitrogens with zero attached hydrogens (tertiary/aromatic N) is 1. The predicted octanol–water partition coefficient (Wildman–Crippen LogP) is 1.55. The topological polar surface area (TPSA) is 58.2 Å². The van der Waals surface area contributed by atoms with E-state index in [1.54, 1.807) is 0 Å². The molecule has 17 heavy (non-hydrogen) atoms. The van der Waals surface area contributed by atoms with Gasteiger partial charge in [-0.2, -0.15) is 21.6 Å². The first-order valence-electron chi connectivity index (χ1n) is 4.19. The molecule has 0 fully saturated rings. The van der Waals surface area contributed by atoms with Crippen molar-refractivity contribution in [2.75, 3.05) is 0 Å². The lowest BCUT2D eigenvalue weighted by Gasteiger charge is -1.97. The summed E-state index contributed by atoms with van der Waals surface area (Å²) in [6.45, 7) is 3.65. The van der Waals surface area contributed by atoms with Crippen LogP contribution in [0.5, 0.6) is 0 Å². The third-order valence-corrected chi connectivity index (χ3v) is 2.12. The monoisotopic (exact) mass is 270 g/mol. The summed E-state index contributed by atoms with van der Waals surface area (Å²) in [7, 11) is -3.85. The molecule has 1 N–H and O–H groups in total. The first-order chi connectivity index (χ1) is 7.58. The van der Waals surface area contributed by atoms with Crippen LogP contribution in [0.15, 0.2) is 31.1 Å². The van der Waals surface area contributed by atoms with Gasteiger partial charge in [0.2, 0.25) is 0 Å². The molecular formula is C9H11F3NO3S+. The highest BCUT2D eigenvalue weighted by atomic mass is 32.2. The van der Waals surface area contributed by atoms with Crippen molar-refractivity contribution in [3.8, 4) is 0 Å². The molecule has 1 aromatic heterocycles. The van der Waals surface area contributed by atoms with Gasteiger partial charge in [0.25, 0.3) is 0 Å². The Bertz CT molecular complexity index is 465. The number of alkyl halides is 3. The van der Waals surface area contributed by atoms with Crippen molar-refractivity contribution in [1.29, 1.82) is 0 Å². The Balaban J connectivity index is 0.000000304. The summed E-state index contributed by atoms with van der Waals surface area (Å²) in [6.07, 6.45) is 5.83. The fourth-order valence-corrected chi connectivity index (χ4v) is 0.649. The van der Waals surface area contributed by atoms with Crippen LogP contribution in [0.3, 0.4) is 0 Å². The maximum Gasteiger partial charge on any atom is 0.522 e. The molecule has 0 saturated carbocycles. The van der Waals surface area contributed by atoms with Crippen LogP contribution < -0.4 is 4.57 Å². The quantitative estimate of drug-likeness (QED) is 0.478. The molecule has 4 nitrogen and oxygen atoms in total. The lowest BCUT2D eigenvalue weighted by Crippen LogP contribution is -2.25. The van der Waals surface area contributed by atoms with Crippen molar-refractivity contribution in [2.24, 2.45) is 7.05 Å². The number of hydrogen-bond acceptors (Lipinski definition) is 2. The summed E-state index contributed by atoms with van der Waals surface area (Å²) in [6, 6.07) is 4.04. The highest BCUT2D eigenvalue weighted by Gasteiger charge is 2.44. The number of rotatable bonds is 1. The summed E-state index contributed by atoms with van der Waals surface area (Å²) in [5, 5.41) is 0. The molecule has 0 aliphatic heterocycles. The van der Waals surface area contributed by atoms with E-state index < -0.39 is 15.6 Å².